The maximum absolute atomic E-state index is 13.2. The highest BCUT2D eigenvalue weighted by Gasteiger charge is 2.26. The first-order chi connectivity index (χ1) is 15.4. The van der Waals surface area contributed by atoms with E-state index >= 15 is 0 Å². The maximum Gasteiger partial charge on any atom is 0.303 e. The average molecular weight is 454 g/mol. The van der Waals surface area contributed by atoms with Crippen LogP contribution in [0.15, 0.2) is 30.7 Å². The summed E-state index contributed by atoms with van der Waals surface area (Å²) in [5, 5.41) is 16.3. The molecule has 1 amide bonds. The van der Waals surface area contributed by atoms with Gasteiger partial charge in [0.15, 0.2) is 0 Å². The van der Waals surface area contributed by atoms with Gasteiger partial charge in [-0.3, -0.25) is 14.6 Å². The number of carboxylic acid groups (broad SMARTS) is 1. The van der Waals surface area contributed by atoms with Crippen molar-refractivity contribution in [2.75, 3.05) is 5.32 Å². The van der Waals surface area contributed by atoms with Crippen molar-refractivity contribution >= 4 is 39.2 Å². The number of carboxylic acids is 1. The molecule has 3 aromatic heterocycles. The summed E-state index contributed by atoms with van der Waals surface area (Å²) in [6, 6.07) is 3.97. The highest BCUT2D eigenvalue weighted by Crippen LogP contribution is 2.34. The second kappa shape index (κ2) is 9.60. The highest BCUT2D eigenvalue weighted by atomic mass is 32.1. The minimum absolute atomic E-state index is 0.0385. The molecule has 1 fully saturated rings. The van der Waals surface area contributed by atoms with Gasteiger partial charge in [-0.1, -0.05) is 11.3 Å². The van der Waals surface area contributed by atoms with Crippen molar-refractivity contribution in [2.45, 2.75) is 58.0 Å². The molecule has 0 atom stereocenters. The van der Waals surface area contributed by atoms with Crippen molar-refractivity contribution in [3.8, 4) is 10.6 Å². The first-order valence-electron chi connectivity index (χ1n) is 10.9. The number of nitrogens with zero attached hydrogens (tertiary/aromatic N) is 3. The van der Waals surface area contributed by atoms with E-state index in [9.17, 15) is 9.59 Å². The van der Waals surface area contributed by atoms with Gasteiger partial charge in [0.25, 0.3) is 5.91 Å². The maximum atomic E-state index is 13.2. The molecule has 0 aromatic carbocycles. The van der Waals surface area contributed by atoms with Crippen LogP contribution < -0.4 is 10.6 Å². The van der Waals surface area contributed by atoms with Gasteiger partial charge in [0, 0.05) is 42.7 Å². The highest BCUT2D eigenvalue weighted by molar-refractivity contribution is 7.21. The van der Waals surface area contributed by atoms with Crippen LogP contribution in [0.5, 0.6) is 0 Å². The smallest absolute Gasteiger partial charge is 0.303 e. The molecule has 4 rings (SSSR count). The summed E-state index contributed by atoms with van der Waals surface area (Å²) in [4.78, 5) is 38.4. The molecule has 3 aromatic rings. The largest absolute Gasteiger partial charge is 0.481 e. The molecule has 8 nitrogen and oxygen atoms in total. The van der Waals surface area contributed by atoms with E-state index in [0.717, 1.165) is 41.1 Å². The molecule has 1 aliphatic rings. The molecular formula is C23H27N5O3S. The Morgan fingerprint density at radius 3 is 2.66 bits per heavy atom. The molecule has 9 heteroatoms. The molecule has 0 bridgehead atoms. The summed E-state index contributed by atoms with van der Waals surface area (Å²) in [5.74, 6) is -0.743. The van der Waals surface area contributed by atoms with Crippen molar-refractivity contribution < 1.29 is 14.7 Å². The number of carbonyl (C=O) groups excluding carboxylic acids is 1. The van der Waals surface area contributed by atoms with Crippen LogP contribution in [0.25, 0.3) is 20.9 Å². The summed E-state index contributed by atoms with van der Waals surface area (Å²) >= 11 is 1.47. The van der Waals surface area contributed by atoms with E-state index in [-0.39, 0.29) is 30.3 Å². The number of hydrogen-bond acceptors (Lipinski definition) is 7. The second-order valence-electron chi connectivity index (χ2n) is 8.55. The van der Waals surface area contributed by atoms with Gasteiger partial charge >= 0.3 is 5.97 Å². The first kappa shape index (κ1) is 22.1. The summed E-state index contributed by atoms with van der Waals surface area (Å²) in [6.07, 6.45) is 8.50. The molecule has 0 spiro atoms. The summed E-state index contributed by atoms with van der Waals surface area (Å²) in [5.41, 5.74) is 2.76. The fourth-order valence-corrected chi connectivity index (χ4v) is 5.03. The van der Waals surface area contributed by atoms with Crippen LogP contribution >= 0.6 is 11.3 Å². The minimum atomic E-state index is -0.754. The Bertz CT molecular complexity index is 1110. The summed E-state index contributed by atoms with van der Waals surface area (Å²) < 4.78 is 0. The van der Waals surface area contributed by atoms with Gasteiger partial charge in [0.1, 0.15) is 15.4 Å². The lowest BCUT2D eigenvalue weighted by Gasteiger charge is -2.28. The number of rotatable bonds is 7. The molecular weight excluding hydrogens is 426 g/mol. The van der Waals surface area contributed by atoms with Crippen LogP contribution in [0.2, 0.25) is 0 Å². The minimum Gasteiger partial charge on any atom is -0.481 e. The molecule has 168 valence electrons. The van der Waals surface area contributed by atoms with Gasteiger partial charge < -0.3 is 15.7 Å². The lowest BCUT2D eigenvalue weighted by Crippen LogP contribution is -2.38. The number of carbonyl (C=O) groups is 2. The zero-order valence-corrected chi connectivity index (χ0v) is 19.0. The Hall–Kier alpha value is -3.07. The molecule has 3 heterocycles. The van der Waals surface area contributed by atoms with E-state index < -0.39 is 5.97 Å². The van der Waals surface area contributed by atoms with Crippen molar-refractivity contribution in [3.63, 3.8) is 0 Å². The normalized spacial score (nSPS) is 18.6. The van der Waals surface area contributed by atoms with Crippen LogP contribution in [0.4, 0.5) is 5.69 Å². The van der Waals surface area contributed by atoms with E-state index in [2.05, 4.69) is 20.6 Å². The molecule has 0 radical (unpaired) electrons. The van der Waals surface area contributed by atoms with E-state index in [1.165, 1.54) is 11.3 Å². The molecule has 32 heavy (non-hydrogen) atoms. The Balaban J connectivity index is 1.57. The third-order valence-corrected chi connectivity index (χ3v) is 6.67. The van der Waals surface area contributed by atoms with Gasteiger partial charge in [0.05, 0.1) is 11.3 Å². The van der Waals surface area contributed by atoms with Crippen molar-refractivity contribution in [2.24, 2.45) is 5.92 Å². The van der Waals surface area contributed by atoms with Crippen LogP contribution in [0, 0.1) is 5.92 Å². The predicted molar refractivity (Wildman–Crippen MR) is 125 cm³/mol. The van der Waals surface area contributed by atoms with Gasteiger partial charge in [-0.25, -0.2) is 9.97 Å². The van der Waals surface area contributed by atoms with Crippen LogP contribution in [-0.2, 0) is 4.79 Å². The number of amides is 1. The van der Waals surface area contributed by atoms with E-state index in [1.807, 2.05) is 26.0 Å². The Labute approximate surface area is 190 Å². The zero-order valence-electron chi connectivity index (χ0n) is 18.2. The van der Waals surface area contributed by atoms with Gasteiger partial charge in [0.2, 0.25) is 0 Å². The molecule has 1 aliphatic carbocycles. The number of pyridine rings is 2. The fourth-order valence-electron chi connectivity index (χ4n) is 4.12. The van der Waals surface area contributed by atoms with Crippen molar-refractivity contribution in [3.05, 3.63) is 36.3 Å². The lowest BCUT2D eigenvalue weighted by atomic mass is 9.84. The Morgan fingerprint density at radius 1 is 1.22 bits per heavy atom. The van der Waals surface area contributed by atoms with E-state index in [4.69, 9.17) is 10.1 Å². The Morgan fingerprint density at radius 2 is 2.00 bits per heavy atom. The third kappa shape index (κ3) is 5.04. The number of thiazole rings is 1. The van der Waals surface area contributed by atoms with Crippen molar-refractivity contribution in [1.82, 2.24) is 20.3 Å². The van der Waals surface area contributed by atoms with Gasteiger partial charge in [-0.15, -0.1) is 0 Å². The second-order valence-corrected chi connectivity index (χ2v) is 9.53. The van der Waals surface area contributed by atoms with Crippen LogP contribution in [0.1, 0.15) is 56.3 Å². The van der Waals surface area contributed by atoms with Crippen molar-refractivity contribution in [1.29, 1.82) is 0 Å². The molecule has 0 saturated heterocycles. The summed E-state index contributed by atoms with van der Waals surface area (Å²) in [6.45, 7) is 4.04. The Kier molecular flexibility index (Phi) is 6.64. The SMILES string of the molecule is CC(C)Nc1c(C(=O)NC2CCC(CC(=O)O)CC2)cnc2sc(-c3cccnc3)nc12. The quantitative estimate of drug-likeness (QED) is 0.487. The predicted octanol–water partition coefficient (Wildman–Crippen LogP) is 4.34. The average Bonchev–Trinajstić information content (AvgIpc) is 3.20. The first-order valence-corrected chi connectivity index (χ1v) is 11.7. The van der Waals surface area contributed by atoms with Crippen LogP contribution in [-0.4, -0.2) is 44.0 Å². The monoisotopic (exact) mass is 453 g/mol. The molecule has 0 aliphatic heterocycles. The molecule has 1 saturated carbocycles. The zero-order chi connectivity index (χ0) is 22.7. The fraction of sp³-hybridized carbons (Fsp3) is 0.435. The number of aromatic nitrogens is 3. The number of nitrogens with one attached hydrogen (secondary N) is 2. The van der Waals surface area contributed by atoms with Gasteiger partial charge in [-0.05, 0) is 57.6 Å². The van der Waals surface area contributed by atoms with E-state index in [1.54, 1.807) is 18.6 Å². The summed E-state index contributed by atoms with van der Waals surface area (Å²) in [7, 11) is 0. The number of fused-ring (bicyclic) bond motifs is 1. The number of aliphatic carboxylic acids is 1. The molecule has 3 N–H and O–H groups in total. The topological polar surface area (TPSA) is 117 Å². The van der Waals surface area contributed by atoms with E-state index in [0.29, 0.717) is 16.8 Å². The lowest BCUT2D eigenvalue weighted by molar-refractivity contribution is -0.138. The standard InChI is InChI=1S/C23H27N5O3S/c1-13(2)26-19-17(21(31)27-16-7-5-14(6-8-16)10-18(29)30)12-25-23-20(19)28-22(32-23)15-4-3-9-24-11-15/h3-4,9,11-14,16H,5-8,10H2,1-2H3,(H,25,26)(H,27,31)(H,29,30). The van der Waals surface area contributed by atoms with Gasteiger partial charge in [-0.2, -0.15) is 0 Å². The van der Waals surface area contributed by atoms with Crippen LogP contribution in [0.3, 0.4) is 0 Å². The number of hydrogen-bond donors (Lipinski definition) is 3. The molecule has 0 unspecified atom stereocenters. The third-order valence-electron chi connectivity index (χ3n) is 5.66. The number of anilines is 1.